The van der Waals surface area contributed by atoms with E-state index in [-0.39, 0.29) is 5.44 Å². The summed E-state index contributed by atoms with van der Waals surface area (Å²) in [5.41, 5.74) is 0.143. The normalized spacial score (nSPS) is 22.2. The van der Waals surface area contributed by atoms with Crippen LogP contribution in [0.1, 0.15) is 0 Å². The van der Waals surface area contributed by atoms with Gasteiger partial charge < -0.3 is 9.47 Å². The number of rotatable bonds is 2. The lowest BCUT2D eigenvalue weighted by atomic mass is 10.4. The molecule has 1 saturated heterocycles. The van der Waals surface area contributed by atoms with Crippen molar-refractivity contribution in [1.29, 1.82) is 0 Å². The molecule has 0 radical (unpaired) electrons. The van der Waals surface area contributed by atoms with Gasteiger partial charge in [0.15, 0.2) is 0 Å². The van der Waals surface area contributed by atoms with Crippen LogP contribution >= 0.6 is 27.7 Å². The molecule has 1 aliphatic rings. The van der Waals surface area contributed by atoms with Crippen LogP contribution in [0.4, 0.5) is 0 Å². The Morgan fingerprint density at radius 2 is 2.00 bits per heavy atom. The highest BCUT2D eigenvalue weighted by Crippen LogP contribution is 2.26. The fourth-order valence-corrected chi connectivity index (χ4v) is 2.39. The van der Waals surface area contributed by atoms with E-state index in [1.54, 1.807) is 11.8 Å². The van der Waals surface area contributed by atoms with Gasteiger partial charge in [-0.1, -0.05) is 27.7 Å². The molecule has 0 aliphatic carbocycles. The van der Waals surface area contributed by atoms with Gasteiger partial charge in [-0.05, 0) is 24.3 Å². The van der Waals surface area contributed by atoms with Crippen LogP contribution in [0.25, 0.3) is 0 Å². The molecule has 4 heteroatoms. The second-order valence-corrected chi connectivity index (χ2v) is 5.10. The van der Waals surface area contributed by atoms with Crippen molar-refractivity contribution in [2.45, 2.75) is 10.3 Å². The zero-order valence-electron chi connectivity index (χ0n) is 7.61. The fraction of sp³-hybridized carbons (Fsp3) is 0.400. The summed E-state index contributed by atoms with van der Waals surface area (Å²) in [7, 11) is 0. The zero-order chi connectivity index (χ0) is 9.80. The SMILES string of the molecule is Brc1ccc(SC2COCCO2)cc1. The number of benzene rings is 1. The van der Waals surface area contributed by atoms with E-state index in [9.17, 15) is 0 Å². The maximum atomic E-state index is 5.54. The van der Waals surface area contributed by atoms with E-state index in [0.29, 0.717) is 13.2 Å². The molecule has 14 heavy (non-hydrogen) atoms. The molecule has 76 valence electrons. The molecule has 1 aromatic carbocycles. The summed E-state index contributed by atoms with van der Waals surface area (Å²) < 4.78 is 12.0. The molecule has 1 aliphatic heterocycles. The van der Waals surface area contributed by atoms with Crippen molar-refractivity contribution in [1.82, 2.24) is 0 Å². The molecule has 0 N–H and O–H groups in total. The maximum absolute atomic E-state index is 5.54. The number of thioether (sulfide) groups is 1. The number of halogens is 1. The molecule has 1 heterocycles. The molecule has 0 spiro atoms. The molecule has 1 atom stereocenters. The first kappa shape index (κ1) is 10.5. The van der Waals surface area contributed by atoms with Gasteiger partial charge >= 0.3 is 0 Å². The summed E-state index contributed by atoms with van der Waals surface area (Å²) >= 11 is 5.11. The highest BCUT2D eigenvalue weighted by Gasteiger charge is 2.15. The summed E-state index contributed by atoms with van der Waals surface area (Å²) in [6.07, 6.45) is 0. The predicted octanol–water partition coefficient (Wildman–Crippen LogP) is 2.91. The Kier molecular flexibility index (Phi) is 3.87. The largest absolute Gasteiger partial charge is 0.375 e. The number of hydrogen-bond acceptors (Lipinski definition) is 3. The van der Waals surface area contributed by atoms with Gasteiger partial charge in [0, 0.05) is 9.37 Å². The van der Waals surface area contributed by atoms with Crippen LogP contribution in [-0.2, 0) is 9.47 Å². The Morgan fingerprint density at radius 3 is 2.64 bits per heavy atom. The van der Waals surface area contributed by atoms with Crippen LogP contribution in [0.15, 0.2) is 33.6 Å². The first-order chi connectivity index (χ1) is 6.84. The molecular weight excluding hydrogens is 264 g/mol. The monoisotopic (exact) mass is 274 g/mol. The van der Waals surface area contributed by atoms with E-state index >= 15 is 0 Å². The average Bonchev–Trinajstić information content (AvgIpc) is 2.23. The lowest BCUT2D eigenvalue weighted by Gasteiger charge is -2.22. The van der Waals surface area contributed by atoms with Crippen molar-refractivity contribution in [2.75, 3.05) is 19.8 Å². The van der Waals surface area contributed by atoms with E-state index in [2.05, 4.69) is 28.1 Å². The van der Waals surface area contributed by atoms with Crippen molar-refractivity contribution >= 4 is 27.7 Å². The number of ether oxygens (including phenoxy) is 2. The Labute approximate surface area is 96.1 Å². The van der Waals surface area contributed by atoms with Crippen molar-refractivity contribution < 1.29 is 9.47 Å². The summed E-state index contributed by atoms with van der Waals surface area (Å²) in [6, 6.07) is 8.22. The van der Waals surface area contributed by atoms with Gasteiger partial charge in [-0.2, -0.15) is 0 Å². The minimum Gasteiger partial charge on any atom is -0.375 e. The highest BCUT2D eigenvalue weighted by atomic mass is 79.9. The molecule has 2 rings (SSSR count). The molecule has 0 bridgehead atoms. The second kappa shape index (κ2) is 5.16. The summed E-state index contributed by atoms with van der Waals surface area (Å²) in [5.74, 6) is 0. The van der Waals surface area contributed by atoms with Gasteiger partial charge in [-0.15, -0.1) is 0 Å². The van der Waals surface area contributed by atoms with Gasteiger partial charge in [-0.25, -0.2) is 0 Å². The lowest BCUT2D eigenvalue weighted by Crippen LogP contribution is -2.25. The van der Waals surface area contributed by atoms with Crippen LogP contribution in [0.2, 0.25) is 0 Å². The standard InChI is InChI=1S/C10H11BrO2S/c11-8-1-3-9(4-2-8)14-10-7-12-5-6-13-10/h1-4,10H,5-7H2. The zero-order valence-corrected chi connectivity index (χ0v) is 10.0. The van der Waals surface area contributed by atoms with Crippen LogP contribution < -0.4 is 0 Å². The molecule has 0 amide bonds. The van der Waals surface area contributed by atoms with E-state index in [0.717, 1.165) is 11.1 Å². The Morgan fingerprint density at radius 1 is 1.21 bits per heavy atom. The van der Waals surface area contributed by atoms with Crippen LogP contribution in [0.5, 0.6) is 0 Å². The quantitative estimate of drug-likeness (QED) is 0.826. The van der Waals surface area contributed by atoms with Gasteiger partial charge in [0.2, 0.25) is 0 Å². The lowest BCUT2D eigenvalue weighted by molar-refractivity contribution is -0.0498. The molecule has 1 unspecified atom stereocenters. The fourth-order valence-electron chi connectivity index (χ4n) is 1.20. The molecule has 1 fully saturated rings. The average molecular weight is 275 g/mol. The van der Waals surface area contributed by atoms with Crippen molar-refractivity contribution in [3.8, 4) is 0 Å². The number of hydrogen-bond donors (Lipinski definition) is 0. The topological polar surface area (TPSA) is 18.5 Å². The van der Waals surface area contributed by atoms with Gasteiger partial charge in [0.1, 0.15) is 5.44 Å². The van der Waals surface area contributed by atoms with Gasteiger partial charge in [-0.3, -0.25) is 0 Å². The summed E-state index contributed by atoms with van der Waals surface area (Å²) in [5, 5.41) is 0. The molecule has 2 nitrogen and oxygen atoms in total. The Bertz CT molecular complexity index is 283. The van der Waals surface area contributed by atoms with E-state index < -0.39 is 0 Å². The Hall–Kier alpha value is -0.0300. The Balaban J connectivity index is 1.92. The van der Waals surface area contributed by atoms with Crippen LogP contribution in [0.3, 0.4) is 0 Å². The molecular formula is C10H11BrO2S. The third-order valence-corrected chi connectivity index (χ3v) is 3.47. The third kappa shape index (κ3) is 2.98. The second-order valence-electron chi connectivity index (χ2n) is 2.95. The van der Waals surface area contributed by atoms with Crippen molar-refractivity contribution in [3.63, 3.8) is 0 Å². The minimum absolute atomic E-state index is 0.143. The van der Waals surface area contributed by atoms with Gasteiger partial charge in [0.25, 0.3) is 0 Å². The molecule has 0 saturated carbocycles. The van der Waals surface area contributed by atoms with Crippen molar-refractivity contribution in [2.24, 2.45) is 0 Å². The first-order valence-electron chi connectivity index (χ1n) is 4.46. The maximum Gasteiger partial charge on any atom is 0.131 e. The molecule has 0 aromatic heterocycles. The van der Waals surface area contributed by atoms with Crippen LogP contribution in [-0.4, -0.2) is 25.3 Å². The highest BCUT2D eigenvalue weighted by molar-refractivity contribution is 9.10. The van der Waals surface area contributed by atoms with E-state index in [1.807, 2.05) is 12.1 Å². The third-order valence-electron chi connectivity index (χ3n) is 1.87. The summed E-state index contributed by atoms with van der Waals surface area (Å²) in [6.45, 7) is 2.10. The van der Waals surface area contributed by atoms with Crippen LogP contribution in [0, 0.1) is 0 Å². The minimum atomic E-state index is 0.143. The first-order valence-corrected chi connectivity index (χ1v) is 6.13. The predicted molar refractivity (Wildman–Crippen MR) is 60.6 cm³/mol. The van der Waals surface area contributed by atoms with Gasteiger partial charge in [0.05, 0.1) is 19.8 Å². The van der Waals surface area contributed by atoms with E-state index in [4.69, 9.17) is 9.47 Å². The van der Waals surface area contributed by atoms with E-state index in [1.165, 1.54) is 4.90 Å². The molecule has 1 aromatic rings. The smallest absolute Gasteiger partial charge is 0.131 e. The van der Waals surface area contributed by atoms with Crippen molar-refractivity contribution in [3.05, 3.63) is 28.7 Å². The summed E-state index contributed by atoms with van der Waals surface area (Å²) in [4.78, 5) is 1.21.